The summed E-state index contributed by atoms with van der Waals surface area (Å²) in [6.07, 6.45) is -1.71. The minimum atomic E-state index is -4.90. The van der Waals surface area contributed by atoms with Crippen LogP contribution in [0.1, 0.15) is 85.5 Å². The zero-order valence-corrected chi connectivity index (χ0v) is 33.5. The van der Waals surface area contributed by atoms with E-state index in [4.69, 9.17) is 18.5 Å². The molecule has 2 atom stereocenters. The van der Waals surface area contributed by atoms with Crippen molar-refractivity contribution in [2.75, 3.05) is 46.6 Å². The maximum Gasteiger partial charge on any atom is 0.425 e. The van der Waals surface area contributed by atoms with E-state index in [9.17, 15) is 41.0 Å². The van der Waals surface area contributed by atoms with Gasteiger partial charge in [-0.05, 0) is 62.7 Å². The molecule has 2 aromatic rings. The predicted molar refractivity (Wildman–Crippen MR) is 197 cm³/mol. The Hall–Kier alpha value is -3.91. The Morgan fingerprint density at radius 2 is 1.81 bits per heavy atom. The number of piperidine rings is 2. The Balaban J connectivity index is 1.47. The van der Waals surface area contributed by atoms with Crippen LogP contribution in [0.2, 0.25) is 0 Å². The summed E-state index contributed by atoms with van der Waals surface area (Å²) in [5, 5.41) is 11.8. The lowest BCUT2D eigenvalue weighted by molar-refractivity contribution is -0.161. The largest absolute Gasteiger partial charge is 0.494 e. The van der Waals surface area contributed by atoms with Gasteiger partial charge in [-0.2, -0.15) is 31.6 Å². The van der Waals surface area contributed by atoms with Gasteiger partial charge in [0, 0.05) is 64.1 Å². The van der Waals surface area contributed by atoms with Gasteiger partial charge in [0.1, 0.15) is 16.4 Å². The van der Waals surface area contributed by atoms with Crippen molar-refractivity contribution in [1.29, 1.82) is 5.26 Å². The van der Waals surface area contributed by atoms with Crippen molar-refractivity contribution in [1.82, 2.24) is 14.8 Å². The van der Waals surface area contributed by atoms with E-state index in [-0.39, 0.29) is 70.3 Å². The lowest BCUT2D eigenvalue weighted by Gasteiger charge is -2.51. The minimum absolute atomic E-state index is 0.0356. The van der Waals surface area contributed by atoms with Crippen LogP contribution in [0.3, 0.4) is 0 Å². The Morgan fingerprint density at radius 1 is 1.09 bits per heavy atom. The molecule has 2 aliphatic heterocycles. The number of amides is 2. The highest BCUT2D eigenvalue weighted by Crippen LogP contribution is 2.48. The van der Waals surface area contributed by atoms with Gasteiger partial charge < -0.3 is 28.3 Å². The van der Waals surface area contributed by atoms with Gasteiger partial charge in [-0.3, -0.25) is 19.1 Å². The summed E-state index contributed by atoms with van der Waals surface area (Å²) in [5.74, 6) is -1.43. The number of carbonyl (C=O) groups is 2. The molecule has 0 aromatic carbocycles. The fraction of sp³-hybridized carbons (Fsp3) is 0.579. The van der Waals surface area contributed by atoms with Crippen molar-refractivity contribution in [3.8, 4) is 11.8 Å². The lowest BCUT2D eigenvalue weighted by Crippen LogP contribution is -2.68. The van der Waals surface area contributed by atoms with Gasteiger partial charge in [-0.25, -0.2) is 0 Å². The molecule has 0 N–H and O–H groups in total. The molecule has 3 aliphatic rings. The first-order valence-electron chi connectivity index (χ1n) is 18.6. The van der Waals surface area contributed by atoms with Crippen molar-refractivity contribution in [3.63, 3.8) is 0 Å². The molecule has 5 rings (SSSR count). The number of nitrogens with zero attached hydrogens (tertiary/aromatic N) is 4. The summed E-state index contributed by atoms with van der Waals surface area (Å²) < 4.78 is 118. The topological polar surface area (TPSA) is 131 Å². The van der Waals surface area contributed by atoms with Gasteiger partial charge in [0.15, 0.2) is 0 Å². The molecule has 1 aliphatic carbocycles. The van der Waals surface area contributed by atoms with E-state index in [1.54, 1.807) is 13.0 Å². The number of pyridine rings is 1. The van der Waals surface area contributed by atoms with Crippen molar-refractivity contribution >= 4 is 30.7 Å². The van der Waals surface area contributed by atoms with Crippen LogP contribution in [-0.4, -0.2) is 84.9 Å². The van der Waals surface area contributed by atoms with E-state index in [0.29, 0.717) is 48.8 Å². The van der Waals surface area contributed by atoms with Gasteiger partial charge in [-0.1, -0.05) is 19.4 Å². The number of nitriles is 1. The van der Waals surface area contributed by atoms with E-state index in [1.807, 2.05) is 6.08 Å². The quantitative estimate of drug-likeness (QED) is 0.104. The predicted octanol–water partition coefficient (Wildman–Crippen LogP) is 9.03. The van der Waals surface area contributed by atoms with Crippen LogP contribution in [0, 0.1) is 16.7 Å². The molecule has 0 radical (unpaired) electrons. The fourth-order valence-electron chi connectivity index (χ4n) is 7.89. The number of allylic oxidation sites excluding steroid dienone is 3. The van der Waals surface area contributed by atoms with E-state index in [0.717, 1.165) is 29.4 Å². The number of alkyl halides is 6. The lowest BCUT2D eigenvalue weighted by atomic mass is 9.70. The number of halogens is 6. The second-order valence-corrected chi connectivity index (χ2v) is 17.4. The van der Waals surface area contributed by atoms with Crippen molar-refractivity contribution in [2.45, 2.75) is 88.7 Å². The number of ether oxygens (including phenoxy) is 2. The van der Waals surface area contributed by atoms with Crippen LogP contribution < -0.4 is 4.74 Å². The number of rotatable bonds is 14. The van der Waals surface area contributed by atoms with Gasteiger partial charge in [0.25, 0.3) is 11.8 Å². The molecule has 2 amide bonds. The summed E-state index contributed by atoms with van der Waals surface area (Å²) >= 11 is 0.370. The second kappa shape index (κ2) is 17.9. The van der Waals surface area contributed by atoms with Crippen molar-refractivity contribution in [3.05, 3.63) is 69.4 Å². The van der Waals surface area contributed by atoms with Gasteiger partial charge in [0.2, 0.25) is 5.60 Å². The zero-order chi connectivity index (χ0) is 41.6. The maximum absolute atomic E-state index is 15.0. The highest BCUT2D eigenvalue weighted by atomic mass is 32.1. The number of thiophene rings is 1. The highest BCUT2D eigenvalue weighted by Gasteiger charge is 2.57. The molecule has 0 saturated carbocycles. The average Bonchev–Trinajstić information content (AvgIpc) is 3.69. The molecule has 0 spiro atoms. The van der Waals surface area contributed by atoms with E-state index in [1.165, 1.54) is 24.0 Å². The molecule has 2 aromatic heterocycles. The zero-order valence-electron chi connectivity index (χ0n) is 31.8. The molecule has 312 valence electrons. The molecule has 4 heterocycles. The summed E-state index contributed by atoms with van der Waals surface area (Å²) in [6.45, 7) is 1.96. The van der Waals surface area contributed by atoms with Crippen LogP contribution in [-0.2, 0) is 35.5 Å². The monoisotopic (exact) mass is 846 g/mol. The summed E-state index contributed by atoms with van der Waals surface area (Å²) in [4.78, 5) is 34.6. The second-order valence-electron chi connectivity index (χ2n) is 14.1. The summed E-state index contributed by atoms with van der Waals surface area (Å²) in [5.41, 5.74) is -4.20. The Bertz CT molecular complexity index is 1910. The third-order valence-electron chi connectivity index (χ3n) is 10.8. The number of aromatic nitrogens is 1. The third kappa shape index (κ3) is 9.53. The standard InChI is InChI=1S/C38H45F6N4O7PS/c1-4-9-31-36(55-26-22-32(57-24-26)38(42,43)44,13-7-17-48(31)33(49)27-23-46-16-12-28(27)37(39,40)41)34(50)47-18-14-35(25-45,15-19-47)29-10-5-6-11-30(29)54-20-8-21-56(51,52-2)53-3/h6,11-12,16,22-24,31H,4-5,7-10,13-15,17-21H2,1-3H3. The molecule has 2 unspecified atom stereocenters. The molecule has 11 nitrogen and oxygen atoms in total. The Labute approximate surface area is 331 Å². The molecular formula is C38H45F6N4O7PS. The number of hydrogen-bond acceptors (Lipinski definition) is 10. The number of carbonyl (C=O) groups excluding carboxylic acids is 2. The van der Waals surface area contributed by atoms with Crippen LogP contribution >= 0.6 is 18.9 Å². The van der Waals surface area contributed by atoms with Crippen molar-refractivity contribution < 1.29 is 59.0 Å². The van der Waals surface area contributed by atoms with Gasteiger partial charge in [-0.15, -0.1) is 11.3 Å². The highest BCUT2D eigenvalue weighted by molar-refractivity contribution is 7.53. The van der Waals surface area contributed by atoms with Gasteiger partial charge >= 0.3 is 19.9 Å². The Kier molecular flexibility index (Phi) is 13.9. The summed E-state index contributed by atoms with van der Waals surface area (Å²) in [7, 11) is -0.655. The number of hydrogen-bond donors (Lipinski definition) is 0. The van der Waals surface area contributed by atoms with Crippen LogP contribution in [0.4, 0.5) is 26.3 Å². The molecule has 0 bridgehead atoms. The normalized spacial score (nSPS) is 21.6. The first-order valence-corrected chi connectivity index (χ1v) is 21.2. The maximum atomic E-state index is 15.0. The first kappa shape index (κ1) is 44.2. The average molecular weight is 847 g/mol. The molecular weight excluding hydrogens is 801 g/mol. The van der Waals surface area contributed by atoms with Gasteiger partial charge in [0.05, 0.1) is 41.4 Å². The van der Waals surface area contributed by atoms with Crippen LogP contribution in [0.15, 0.2) is 53.4 Å². The molecule has 57 heavy (non-hydrogen) atoms. The van der Waals surface area contributed by atoms with Crippen LogP contribution in [0.5, 0.6) is 5.75 Å². The smallest absolute Gasteiger partial charge is 0.425 e. The molecule has 2 fully saturated rings. The van der Waals surface area contributed by atoms with E-state index < -0.39 is 64.8 Å². The number of likely N-dealkylation sites (tertiary alicyclic amines) is 2. The molecule has 2 saturated heterocycles. The van der Waals surface area contributed by atoms with Crippen molar-refractivity contribution in [2.24, 2.45) is 5.41 Å². The third-order valence-corrected chi connectivity index (χ3v) is 13.7. The SMILES string of the molecule is CCCC1N(C(=O)c2cnccc2C(F)(F)F)CCCC1(Oc1csc(C(F)(F)F)c1)C(=O)N1CCC(C#N)(C2=C(OCCCP(=O)(OC)OC)C=CCC2)CC1. The molecule has 19 heteroatoms. The van der Waals surface area contributed by atoms with E-state index >= 15 is 4.79 Å². The summed E-state index contributed by atoms with van der Waals surface area (Å²) in [6, 6.07) is 2.75. The van der Waals surface area contributed by atoms with E-state index in [2.05, 4.69) is 11.1 Å². The van der Waals surface area contributed by atoms with Crippen LogP contribution in [0.25, 0.3) is 0 Å². The first-order chi connectivity index (χ1) is 27.0. The minimum Gasteiger partial charge on any atom is -0.494 e. The Morgan fingerprint density at radius 3 is 2.42 bits per heavy atom. The fourth-order valence-corrected chi connectivity index (χ4v) is 9.60.